The molecule has 0 aliphatic carbocycles. The lowest BCUT2D eigenvalue weighted by Crippen LogP contribution is -2.53. The lowest BCUT2D eigenvalue weighted by molar-refractivity contribution is -0.140. The zero-order valence-corrected chi connectivity index (χ0v) is 22.0. The van der Waals surface area contributed by atoms with Gasteiger partial charge >= 0.3 is 0 Å². The van der Waals surface area contributed by atoms with Crippen LogP contribution >= 0.6 is 11.6 Å². The molecule has 0 aliphatic rings. The summed E-state index contributed by atoms with van der Waals surface area (Å²) in [6, 6.07) is 13.2. The van der Waals surface area contributed by atoms with Crippen LogP contribution in [0.15, 0.2) is 48.5 Å². The van der Waals surface area contributed by atoms with Crippen molar-refractivity contribution in [3.63, 3.8) is 0 Å². The second-order valence-electron chi connectivity index (χ2n) is 8.41. The molecule has 0 saturated heterocycles. The van der Waals surface area contributed by atoms with Crippen molar-refractivity contribution in [2.24, 2.45) is 0 Å². The zero-order chi connectivity index (χ0) is 25.5. The number of benzene rings is 2. The Morgan fingerprint density at radius 1 is 1.03 bits per heavy atom. The first-order valence-electron chi connectivity index (χ1n) is 11.4. The van der Waals surface area contributed by atoms with Gasteiger partial charge in [0.25, 0.3) is 0 Å². The van der Waals surface area contributed by atoms with Crippen LogP contribution in [-0.2, 0) is 26.2 Å². The van der Waals surface area contributed by atoms with E-state index in [1.807, 2.05) is 20.8 Å². The average Bonchev–Trinajstić information content (AvgIpc) is 2.78. The highest BCUT2D eigenvalue weighted by Gasteiger charge is 2.32. The number of carbonyl (C=O) groups excluding carboxylic acids is 2. The number of anilines is 1. The summed E-state index contributed by atoms with van der Waals surface area (Å²) >= 11 is 6.36. The van der Waals surface area contributed by atoms with Gasteiger partial charge in [-0.3, -0.25) is 13.9 Å². The molecule has 2 aromatic carbocycles. The molecular weight excluding hydrogens is 474 g/mol. The van der Waals surface area contributed by atoms with Crippen molar-refractivity contribution in [3.05, 3.63) is 64.7 Å². The van der Waals surface area contributed by atoms with E-state index in [1.165, 1.54) is 4.90 Å². The minimum absolute atomic E-state index is 0.0571. The Bertz CT molecular complexity index is 1110. The van der Waals surface area contributed by atoms with Crippen molar-refractivity contribution in [2.45, 2.75) is 59.2 Å². The minimum Gasteiger partial charge on any atom is -0.352 e. The van der Waals surface area contributed by atoms with Crippen LogP contribution in [0, 0.1) is 6.92 Å². The van der Waals surface area contributed by atoms with Gasteiger partial charge in [-0.05, 0) is 49.9 Å². The third-order valence-electron chi connectivity index (χ3n) is 5.75. The van der Waals surface area contributed by atoms with Gasteiger partial charge in [0.15, 0.2) is 0 Å². The van der Waals surface area contributed by atoms with Gasteiger partial charge in [-0.2, -0.15) is 0 Å². The monoisotopic (exact) mass is 507 g/mol. The fourth-order valence-corrected chi connectivity index (χ4v) is 4.71. The van der Waals surface area contributed by atoms with Crippen LogP contribution in [-0.4, -0.2) is 50.0 Å². The summed E-state index contributed by atoms with van der Waals surface area (Å²) < 4.78 is 26.4. The summed E-state index contributed by atoms with van der Waals surface area (Å²) in [7, 11) is -3.77. The molecular formula is C25H34ClN3O4S. The summed E-state index contributed by atoms with van der Waals surface area (Å²) in [5.41, 5.74) is 1.82. The van der Waals surface area contributed by atoms with Crippen molar-refractivity contribution in [1.82, 2.24) is 10.2 Å². The topological polar surface area (TPSA) is 86.8 Å². The van der Waals surface area contributed by atoms with E-state index >= 15 is 0 Å². The van der Waals surface area contributed by atoms with Crippen molar-refractivity contribution < 1.29 is 18.0 Å². The highest BCUT2D eigenvalue weighted by atomic mass is 35.5. The Labute approximate surface area is 208 Å². The van der Waals surface area contributed by atoms with E-state index in [1.54, 1.807) is 55.5 Å². The van der Waals surface area contributed by atoms with Gasteiger partial charge in [0.2, 0.25) is 21.8 Å². The van der Waals surface area contributed by atoms with Crippen molar-refractivity contribution in [1.29, 1.82) is 0 Å². The second kappa shape index (κ2) is 12.2. The molecule has 0 saturated carbocycles. The SMILES string of the molecule is CC[C@H](C(=O)N[C@@H](C)CC)N(Cc1ccccc1Cl)C(=O)CN(c1ccccc1C)S(C)(=O)=O. The van der Waals surface area contributed by atoms with Crippen LogP contribution in [0.1, 0.15) is 44.7 Å². The summed E-state index contributed by atoms with van der Waals surface area (Å²) in [6.07, 6.45) is 2.18. The van der Waals surface area contributed by atoms with E-state index < -0.39 is 28.5 Å². The molecule has 1 N–H and O–H groups in total. The van der Waals surface area contributed by atoms with Gasteiger partial charge in [0.1, 0.15) is 12.6 Å². The number of hydrogen-bond acceptors (Lipinski definition) is 4. The van der Waals surface area contributed by atoms with E-state index in [4.69, 9.17) is 11.6 Å². The fraction of sp³-hybridized carbons (Fsp3) is 0.440. The Kier molecular flexibility index (Phi) is 9.94. The molecule has 0 fully saturated rings. The van der Waals surface area contributed by atoms with Gasteiger partial charge in [0.05, 0.1) is 11.9 Å². The molecule has 0 unspecified atom stereocenters. The maximum Gasteiger partial charge on any atom is 0.244 e. The van der Waals surface area contributed by atoms with Crippen LogP contribution in [0.3, 0.4) is 0 Å². The largest absolute Gasteiger partial charge is 0.352 e. The number of aryl methyl sites for hydroxylation is 1. The van der Waals surface area contributed by atoms with Crippen molar-refractivity contribution in [3.8, 4) is 0 Å². The molecule has 0 heterocycles. The van der Waals surface area contributed by atoms with Crippen LogP contribution < -0.4 is 9.62 Å². The van der Waals surface area contributed by atoms with Gasteiger partial charge in [-0.1, -0.05) is 61.8 Å². The van der Waals surface area contributed by atoms with Gasteiger partial charge in [0, 0.05) is 17.6 Å². The molecule has 0 spiro atoms. The molecule has 9 heteroatoms. The number of nitrogens with zero attached hydrogens (tertiary/aromatic N) is 2. The number of nitrogens with one attached hydrogen (secondary N) is 1. The number of carbonyl (C=O) groups is 2. The van der Waals surface area contributed by atoms with E-state index in [9.17, 15) is 18.0 Å². The molecule has 2 rings (SSSR count). The summed E-state index contributed by atoms with van der Waals surface area (Å²) in [4.78, 5) is 28.2. The molecule has 2 atom stereocenters. The molecule has 2 amide bonds. The quantitative estimate of drug-likeness (QED) is 0.495. The van der Waals surface area contributed by atoms with Gasteiger partial charge < -0.3 is 10.2 Å². The highest BCUT2D eigenvalue weighted by molar-refractivity contribution is 7.92. The molecule has 0 aromatic heterocycles. The minimum atomic E-state index is -3.77. The molecule has 0 radical (unpaired) electrons. The molecule has 0 bridgehead atoms. The molecule has 2 aromatic rings. The number of amides is 2. The van der Waals surface area contributed by atoms with E-state index in [0.29, 0.717) is 22.7 Å². The number of hydrogen-bond donors (Lipinski definition) is 1. The Morgan fingerprint density at radius 2 is 1.65 bits per heavy atom. The normalized spacial score (nSPS) is 13.1. The Morgan fingerprint density at radius 3 is 2.21 bits per heavy atom. The number of sulfonamides is 1. The molecule has 34 heavy (non-hydrogen) atoms. The second-order valence-corrected chi connectivity index (χ2v) is 10.7. The van der Waals surface area contributed by atoms with Crippen LogP contribution in [0.2, 0.25) is 5.02 Å². The molecule has 186 valence electrons. The third-order valence-corrected chi connectivity index (χ3v) is 7.24. The highest BCUT2D eigenvalue weighted by Crippen LogP contribution is 2.24. The smallest absolute Gasteiger partial charge is 0.244 e. The Balaban J connectivity index is 2.47. The van der Waals surface area contributed by atoms with Crippen LogP contribution in [0.5, 0.6) is 0 Å². The Hall–Kier alpha value is -2.58. The lowest BCUT2D eigenvalue weighted by atomic mass is 10.1. The number of rotatable bonds is 11. The maximum absolute atomic E-state index is 13.7. The van der Waals surface area contributed by atoms with Crippen molar-refractivity contribution in [2.75, 3.05) is 17.1 Å². The van der Waals surface area contributed by atoms with E-state index in [2.05, 4.69) is 5.32 Å². The first kappa shape index (κ1) is 27.7. The van der Waals surface area contributed by atoms with Crippen LogP contribution in [0.4, 0.5) is 5.69 Å². The van der Waals surface area contributed by atoms with Crippen molar-refractivity contribution >= 4 is 39.1 Å². The fourth-order valence-electron chi connectivity index (χ4n) is 3.61. The average molecular weight is 508 g/mol. The summed E-state index contributed by atoms with van der Waals surface area (Å²) in [5.74, 6) is -0.765. The summed E-state index contributed by atoms with van der Waals surface area (Å²) in [6.45, 7) is 7.12. The first-order valence-corrected chi connectivity index (χ1v) is 13.6. The maximum atomic E-state index is 13.7. The van der Waals surface area contributed by atoms with Crippen LogP contribution in [0.25, 0.3) is 0 Å². The van der Waals surface area contributed by atoms with Gasteiger partial charge in [-0.15, -0.1) is 0 Å². The first-order chi connectivity index (χ1) is 16.0. The predicted molar refractivity (Wildman–Crippen MR) is 137 cm³/mol. The zero-order valence-electron chi connectivity index (χ0n) is 20.4. The lowest BCUT2D eigenvalue weighted by Gasteiger charge is -2.33. The number of para-hydroxylation sites is 1. The molecule has 7 nitrogen and oxygen atoms in total. The third kappa shape index (κ3) is 7.21. The van der Waals surface area contributed by atoms with E-state index in [0.717, 1.165) is 22.5 Å². The van der Waals surface area contributed by atoms with E-state index in [-0.39, 0.29) is 18.5 Å². The predicted octanol–water partition coefficient (Wildman–Crippen LogP) is 4.14. The summed E-state index contributed by atoms with van der Waals surface area (Å²) in [5, 5.41) is 3.41. The standard InChI is InChI=1S/C25H34ClN3O4S/c1-6-19(4)27-25(31)22(7-2)28(16-20-13-9-10-14-21(20)26)24(30)17-29(34(5,32)33)23-15-11-8-12-18(23)3/h8-15,19,22H,6-7,16-17H2,1-5H3,(H,27,31)/t19-,22+/m0/s1. The number of halogens is 1. The molecule has 0 aliphatic heterocycles. The van der Waals surface area contributed by atoms with Gasteiger partial charge in [-0.25, -0.2) is 8.42 Å².